The van der Waals surface area contributed by atoms with E-state index in [9.17, 15) is 4.79 Å². The number of thioether (sulfide) groups is 1. The van der Waals surface area contributed by atoms with Gasteiger partial charge in [-0.3, -0.25) is 10.1 Å². The molecule has 0 aromatic heterocycles. The summed E-state index contributed by atoms with van der Waals surface area (Å²) in [7, 11) is -2.40. The smallest absolute Gasteiger partial charge is 0.223 e. The van der Waals surface area contributed by atoms with Gasteiger partial charge in [0, 0.05) is 6.92 Å². The maximum atomic E-state index is 12.2. The number of carbonyl (C=O) groups excluding carboxylic acids is 1. The van der Waals surface area contributed by atoms with Crippen LogP contribution in [0.1, 0.15) is 6.92 Å². The second kappa shape index (κ2) is 11.2. The first kappa shape index (κ1) is 23.9. The zero-order valence-electron chi connectivity index (χ0n) is 16.2. The molecule has 0 saturated carbocycles. The fourth-order valence-corrected chi connectivity index (χ4v) is 8.79. The molecule has 0 heterocycles. The molecular formula is C23H22ClINOPS. The van der Waals surface area contributed by atoms with Crippen LogP contribution in [0.4, 0.5) is 0 Å². The minimum Gasteiger partial charge on any atom is -1.00 e. The molecule has 3 aromatic carbocycles. The van der Waals surface area contributed by atoms with Crippen molar-refractivity contribution in [3.63, 3.8) is 0 Å². The Morgan fingerprint density at radius 1 is 0.793 bits per heavy atom. The van der Waals surface area contributed by atoms with E-state index in [1.54, 1.807) is 0 Å². The van der Waals surface area contributed by atoms with Gasteiger partial charge in [-0.25, -0.2) is 0 Å². The summed E-state index contributed by atoms with van der Waals surface area (Å²) >= 11 is 8.21. The first-order chi connectivity index (χ1) is 13.6. The van der Waals surface area contributed by atoms with Gasteiger partial charge in [0.25, 0.3) is 0 Å². The number of hydrogen-bond donors (Lipinski definition) is 1. The number of rotatable bonds is 6. The van der Waals surface area contributed by atoms with E-state index >= 15 is 0 Å². The highest BCUT2D eigenvalue weighted by Gasteiger charge is 2.51. The highest BCUT2D eigenvalue weighted by molar-refractivity contribution is 8.05. The topological polar surface area (TPSA) is 29.1 Å². The molecule has 0 spiro atoms. The molecule has 1 N–H and O–H groups in total. The second-order valence-corrected chi connectivity index (χ2v) is 10.9. The Morgan fingerprint density at radius 2 is 1.14 bits per heavy atom. The largest absolute Gasteiger partial charge is 1.00 e. The highest BCUT2D eigenvalue weighted by atomic mass is 127. The van der Waals surface area contributed by atoms with E-state index in [1.165, 1.54) is 18.7 Å². The second-order valence-electron chi connectivity index (χ2n) is 6.19. The predicted molar refractivity (Wildman–Crippen MR) is 125 cm³/mol. The third-order valence-electron chi connectivity index (χ3n) is 4.43. The van der Waals surface area contributed by atoms with Crippen LogP contribution in [0.3, 0.4) is 0 Å². The minimum atomic E-state index is -2.40. The van der Waals surface area contributed by atoms with Crippen molar-refractivity contribution in [2.24, 2.45) is 0 Å². The molecule has 2 nitrogen and oxygen atoms in total. The van der Waals surface area contributed by atoms with E-state index in [1.807, 2.05) is 60.9 Å². The van der Waals surface area contributed by atoms with Crippen molar-refractivity contribution in [3.8, 4) is 0 Å². The zero-order valence-corrected chi connectivity index (χ0v) is 20.8. The molecule has 0 aliphatic carbocycles. The molecule has 3 rings (SSSR count). The first-order valence-electron chi connectivity index (χ1n) is 8.88. The van der Waals surface area contributed by atoms with Gasteiger partial charge in [0.15, 0.2) is 7.26 Å². The number of benzene rings is 3. The van der Waals surface area contributed by atoms with Crippen molar-refractivity contribution in [3.05, 3.63) is 101 Å². The SMILES string of the molecule is CS/C(Cl)=C(/NC(C)=O)[P+](c1ccccc1)(c1ccccc1)c1ccccc1.[I-]. The molecule has 6 heteroatoms. The van der Waals surface area contributed by atoms with Crippen molar-refractivity contribution in [1.82, 2.24) is 5.32 Å². The minimum absolute atomic E-state index is 0. The summed E-state index contributed by atoms with van der Waals surface area (Å²) in [5, 5.41) is 6.53. The van der Waals surface area contributed by atoms with Crippen LogP contribution in [0, 0.1) is 0 Å². The van der Waals surface area contributed by atoms with E-state index < -0.39 is 7.26 Å². The summed E-state index contributed by atoms with van der Waals surface area (Å²) in [5.41, 5.74) is 0.776. The van der Waals surface area contributed by atoms with Gasteiger partial charge >= 0.3 is 0 Å². The maximum absolute atomic E-state index is 12.2. The highest BCUT2D eigenvalue weighted by Crippen LogP contribution is 2.63. The van der Waals surface area contributed by atoms with Gasteiger partial charge in [-0.05, 0) is 42.7 Å². The van der Waals surface area contributed by atoms with Crippen LogP contribution in [0.5, 0.6) is 0 Å². The fourth-order valence-electron chi connectivity index (χ4n) is 3.32. The lowest BCUT2D eigenvalue weighted by molar-refractivity contribution is -0.118. The summed E-state index contributed by atoms with van der Waals surface area (Å²) in [6, 6.07) is 31.0. The number of nitrogens with one attached hydrogen (secondary N) is 1. The third kappa shape index (κ3) is 5.05. The van der Waals surface area contributed by atoms with E-state index in [-0.39, 0.29) is 29.9 Å². The van der Waals surface area contributed by atoms with Gasteiger partial charge in [0.2, 0.25) is 11.3 Å². The molecule has 0 unspecified atom stereocenters. The summed E-state index contributed by atoms with van der Waals surface area (Å²) in [5.74, 6) is -0.130. The van der Waals surface area contributed by atoms with Crippen LogP contribution < -0.4 is 45.2 Å². The van der Waals surface area contributed by atoms with Crippen molar-refractivity contribution in [1.29, 1.82) is 0 Å². The number of hydrogen-bond acceptors (Lipinski definition) is 2. The molecular weight excluding hydrogens is 532 g/mol. The molecule has 0 saturated heterocycles. The van der Waals surface area contributed by atoms with Crippen LogP contribution >= 0.6 is 30.6 Å². The summed E-state index contributed by atoms with van der Waals surface area (Å²) < 4.78 is 0.597. The van der Waals surface area contributed by atoms with E-state index in [0.29, 0.717) is 4.36 Å². The Balaban J connectivity index is 0.00000300. The average Bonchev–Trinajstić information content (AvgIpc) is 2.75. The van der Waals surface area contributed by atoms with E-state index in [4.69, 9.17) is 11.6 Å². The molecule has 3 aromatic rings. The molecule has 29 heavy (non-hydrogen) atoms. The Bertz CT molecular complexity index is 871. The Hall–Kier alpha value is -1.33. The standard InChI is InChI=1S/C23H21ClNOPS.HI/c1-18(26)25-23(22(24)28-2)27(19-12-6-3-7-13-19,20-14-8-4-9-15-20)21-16-10-5-11-17-21;/h3-17H,1-2H3;1H/b23-22-;. The number of carbonyl (C=O) groups is 1. The molecule has 0 fully saturated rings. The molecule has 0 aliphatic rings. The molecule has 0 aliphatic heterocycles. The number of amides is 1. The van der Waals surface area contributed by atoms with E-state index in [0.717, 1.165) is 21.4 Å². The van der Waals surface area contributed by atoms with Crippen LogP contribution in [-0.4, -0.2) is 12.2 Å². The predicted octanol–water partition coefficient (Wildman–Crippen LogP) is 1.85. The van der Waals surface area contributed by atoms with Crippen LogP contribution in [0.2, 0.25) is 0 Å². The normalized spacial score (nSPS) is 11.8. The van der Waals surface area contributed by atoms with Crippen LogP contribution in [-0.2, 0) is 4.79 Å². The maximum Gasteiger partial charge on any atom is 0.223 e. The van der Waals surface area contributed by atoms with Crippen molar-refractivity contribution < 1.29 is 28.8 Å². The monoisotopic (exact) mass is 553 g/mol. The first-order valence-corrected chi connectivity index (χ1v) is 12.3. The van der Waals surface area contributed by atoms with Gasteiger partial charge in [-0.15, -0.1) is 11.8 Å². The molecule has 0 bridgehead atoms. The Morgan fingerprint density at radius 3 is 1.41 bits per heavy atom. The van der Waals surface area contributed by atoms with Crippen molar-refractivity contribution in [2.45, 2.75) is 6.92 Å². The molecule has 0 atom stereocenters. The van der Waals surface area contributed by atoms with Crippen LogP contribution in [0.25, 0.3) is 0 Å². The number of halogens is 2. The van der Waals surface area contributed by atoms with Crippen LogP contribution in [0.15, 0.2) is 101 Å². The zero-order chi connectivity index (χ0) is 20.0. The Kier molecular flexibility index (Phi) is 9.22. The van der Waals surface area contributed by atoms with Crippen molar-refractivity contribution in [2.75, 3.05) is 6.26 Å². The van der Waals surface area contributed by atoms with Gasteiger partial charge < -0.3 is 24.0 Å². The molecule has 150 valence electrons. The van der Waals surface area contributed by atoms with Gasteiger partial charge in [-0.2, -0.15) is 0 Å². The summed E-state index contributed by atoms with van der Waals surface area (Å²) in [6.07, 6.45) is 1.93. The third-order valence-corrected chi connectivity index (χ3v) is 10.1. The van der Waals surface area contributed by atoms with Gasteiger partial charge in [0.1, 0.15) is 20.3 Å². The van der Waals surface area contributed by atoms with Crippen molar-refractivity contribution >= 4 is 52.4 Å². The quantitative estimate of drug-likeness (QED) is 0.373. The van der Waals surface area contributed by atoms with Gasteiger partial charge in [0.05, 0.1) is 0 Å². The van der Waals surface area contributed by atoms with E-state index in [2.05, 4.69) is 41.7 Å². The summed E-state index contributed by atoms with van der Waals surface area (Å²) in [4.78, 5) is 12.2. The lowest BCUT2D eigenvalue weighted by atomic mass is 10.4. The average molecular weight is 554 g/mol. The summed E-state index contributed by atoms with van der Waals surface area (Å²) in [6.45, 7) is 1.53. The molecule has 1 amide bonds. The molecule has 0 radical (unpaired) electrons. The Labute approximate surface area is 199 Å². The fraction of sp³-hybridized carbons (Fsp3) is 0.0870. The van der Waals surface area contributed by atoms with Gasteiger partial charge in [-0.1, -0.05) is 66.2 Å². The lowest BCUT2D eigenvalue weighted by Gasteiger charge is -2.29. The lowest BCUT2D eigenvalue weighted by Crippen LogP contribution is -3.00.